The monoisotopic (exact) mass is 312 g/mol. The Bertz CT molecular complexity index is 372. The van der Waals surface area contributed by atoms with Gasteiger partial charge in [-0.15, -0.1) is 12.4 Å². The van der Waals surface area contributed by atoms with Gasteiger partial charge in [-0.25, -0.2) is 0 Å². The minimum absolute atomic E-state index is 0. The van der Waals surface area contributed by atoms with Crippen LogP contribution < -0.4 is 5.73 Å². The molecule has 4 aliphatic carbocycles. The number of hydrogen-bond acceptors (Lipinski definition) is 2. The van der Waals surface area contributed by atoms with E-state index in [-0.39, 0.29) is 12.4 Å². The lowest BCUT2D eigenvalue weighted by molar-refractivity contribution is -0.150. The molecule has 1 saturated heterocycles. The largest absolute Gasteiger partial charge is 0.342 e. The Morgan fingerprint density at radius 2 is 1.67 bits per heavy atom. The Hall–Kier alpha value is -0.280. The van der Waals surface area contributed by atoms with Crippen molar-refractivity contribution >= 4 is 18.3 Å². The Labute approximate surface area is 134 Å². The third-order valence-electron chi connectivity index (χ3n) is 6.68. The van der Waals surface area contributed by atoms with E-state index < -0.39 is 0 Å². The van der Waals surface area contributed by atoms with Gasteiger partial charge in [0.25, 0.3) is 0 Å². The molecule has 0 aromatic heterocycles. The maximum atomic E-state index is 13.0. The first kappa shape index (κ1) is 15.6. The van der Waals surface area contributed by atoms with Gasteiger partial charge in [0.2, 0.25) is 5.91 Å². The highest BCUT2D eigenvalue weighted by molar-refractivity contribution is 5.85. The Kier molecular flexibility index (Phi) is 4.52. The van der Waals surface area contributed by atoms with Crippen LogP contribution in [0, 0.1) is 35.5 Å². The molecule has 3 nitrogen and oxygen atoms in total. The minimum Gasteiger partial charge on any atom is -0.342 e. The summed E-state index contributed by atoms with van der Waals surface area (Å²) in [6.45, 7) is 2.65. The predicted octanol–water partition coefficient (Wildman–Crippen LogP) is 2.68. The summed E-state index contributed by atoms with van der Waals surface area (Å²) in [4.78, 5) is 15.2. The topological polar surface area (TPSA) is 46.3 Å². The molecule has 5 rings (SSSR count). The van der Waals surface area contributed by atoms with Gasteiger partial charge in [0, 0.05) is 19.0 Å². The van der Waals surface area contributed by atoms with Crippen molar-refractivity contribution in [2.75, 3.05) is 19.6 Å². The third kappa shape index (κ3) is 2.72. The van der Waals surface area contributed by atoms with Crippen molar-refractivity contribution in [2.45, 2.75) is 44.9 Å². The molecule has 1 aliphatic heterocycles. The molecule has 1 amide bonds. The van der Waals surface area contributed by atoms with Crippen LogP contribution in [0.3, 0.4) is 0 Å². The van der Waals surface area contributed by atoms with E-state index in [1.807, 2.05) is 0 Å². The predicted molar refractivity (Wildman–Crippen MR) is 86.1 cm³/mol. The molecule has 1 unspecified atom stereocenters. The zero-order chi connectivity index (χ0) is 13.7. The summed E-state index contributed by atoms with van der Waals surface area (Å²) in [5, 5.41) is 0. The van der Waals surface area contributed by atoms with Crippen LogP contribution in [-0.2, 0) is 4.79 Å². The number of halogens is 1. The first-order valence-corrected chi connectivity index (χ1v) is 8.73. The van der Waals surface area contributed by atoms with Crippen molar-refractivity contribution in [1.29, 1.82) is 0 Å². The van der Waals surface area contributed by atoms with Crippen LogP contribution in [0.4, 0.5) is 0 Å². The van der Waals surface area contributed by atoms with Crippen molar-refractivity contribution < 1.29 is 4.79 Å². The van der Waals surface area contributed by atoms with Crippen LogP contribution >= 0.6 is 12.4 Å². The molecular weight excluding hydrogens is 284 g/mol. The fraction of sp³-hybridized carbons (Fsp3) is 0.941. The lowest BCUT2D eigenvalue weighted by Gasteiger charge is -2.54. The molecule has 4 bridgehead atoms. The number of carbonyl (C=O) groups is 1. The van der Waals surface area contributed by atoms with Gasteiger partial charge in [-0.05, 0) is 81.1 Å². The maximum Gasteiger partial charge on any atom is 0.226 e. The van der Waals surface area contributed by atoms with Crippen LogP contribution in [0.5, 0.6) is 0 Å². The molecule has 0 spiro atoms. The average molecular weight is 313 g/mol. The highest BCUT2D eigenvalue weighted by atomic mass is 35.5. The quantitative estimate of drug-likeness (QED) is 0.852. The summed E-state index contributed by atoms with van der Waals surface area (Å²) in [6.07, 6.45) is 9.21. The molecule has 0 aromatic carbocycles. The summed E-state index contributed by atoms with van der Waals surface area (Å²) < 4.78 is 0. The van der Waals surface area contributed by atoms with Crippen LogP contribution in [0.2, 0.25) is 0 Å². The maximum absolute atomic E-state index is 13.0. The molecule has 0 aromatic rings. The molecule has 5 fully saturated rings. The number of nitrogens with two attached hydrogens (primary N) is 1. The number of amides is 1. The molecule has 4 saturated carbocycles. The van der Waals surface area contributed by atoms with Gasteiger partial charge in [-0.1, -0.05) is 0 Å². The lowest BCUT2D eigenvalue weighted by Crippen LogP contribution is -2.53. The Balaban J connectivity index is 0.00000132. The van der Waals surface area contributed by atoms with E-state index in [2.05, 4.69) is 4.90 Å². The molecule has 21 heavy (non-hydrogen) atoms. The van der Waals surface area contributed by atoms with Crippen molar-refractivity contribution in [2.24, 2.45) is 41.2 Å². The van der Waals surface area contributed by atoms with Crippen molar-refractivity contribution in [3.63, 3.8) is 0 Å². The molecule has 1 atom stereocenters. The number of carbonyl (C=O) groups excluding carboxylic acids is 1. The standard InChI is InChI=1S/C17H28N2O.ClH/c18-9-11-2-1-3-19(10-11)17(20)16-14-5-12-4-13(7-14)8-15(16)6-12;/h11-16H,1-10,18H2;1H. The second-order valence-corrected chi connectivity index (χ2v) is 7.98. The van der Waals surface area contributed by atoms with E-state index in [0.29, 0.717) is 17.7 Å². The van der Waals surface area contributed by atoms with Gasteiger partial charge >= 0.3 is 0 Å². The van der Waals surface area contributed by atoms with Crippen LogP contribution in [-0.4, -0.2) is 30.4 Å². The van der Waals surface area contributed by atoms with Crippen LogP contribution in [0.25, 0.3) is 0 Å². The smallest absolute Gasteiger partial charge is 0.226 e. The van der Waals surface area contributed by atoms with Crippen LogP contribution in [0.15, 0.2) is 0 Å². The van der Waals surface area contributed by atoms with E-state index in [9.17, 15) is 4.79 Å². The average Bonchev–Trinajstić information content (AvgIpc) is 2.46. The zero-order valence-corrected chi connectivity index (χ0v) is 13.7. The van der Waals surface area contributed by atoms with E-state index in [1.54, 1.807) is 0 Å². The summed E-state index contributed by atoms with van der Waals surface area (Å²) >= 11 is 0. The molecule has 4 heteroatoms. The summed E-state index contributed by atoms with van der Waals surface area (Å²) in [7, 11) is 0. The summed E-state index contributed by atoms with van der Waals surface area (Å²) in [5.41, 5.74) is 5.82. The van der Waals surface area contributed by atoms with Crippen molar-refractivity contribution in [3.8, 4) is 0 Å². The molecular formula is C17H29ClN2O. The number of likely N-dealkylation sites (tertiary alicyclic amines) is 1. The minimum atomic E-state index is 0. The van der Waals surface area contributed by atoms with Gasteiger partial charge < -0.3 is 10.6 Å². The lowest BCUT2D eigenvalue weighted by atomic mass is 9.51. The molecule has 1 heterocycles. The van der Waals surface area contributed by atoms with Gasteiger partial charge in [-0.2, -0.15) is 0 Å². The van der Waals surface area contributed by atoms with Crippen LogP contribution in [0.1, 0.15) is 44.9 Å². The molecule has 0 radical (unpaired) electrons. The van der Waals surface area contributed by atoms with Gasteiger partial charge in [0.05, 0.1) is 0 Å². The van der Waals surface area contributed by atoms with E-state index in [4.69, 9.17) is 5.73 Å². The second-order valence-electron chi connectivity index (χ2n) is 7.98. The highest BCUT2D eigenvalue weighted by Crippen LogP contribution is 2.56. The molecule has 2 N–H and O–H groups in total. The van der Waals surface area contributed by atoms with E-state index in [1.165, 1.54) is 38.5 Å². The zero-order valence-electron chi connectivity index (χ0n) is 12.9. The van der Waals surface area contributed by atoms with E-state index in [0.717, 1.165) is 49.7 Å². The number of rotatable bonds is 2. The normalized spacial score (nSPS) is 44.5. The number of piperidine rings is 1. The molecule has 120 valence electrons. The molecule has 5 aliphatic rings. The van der Waals surface area contributed by atoms with Gasteiger partial charge in [0.15, 0.2) is 0 Å². The first-order chi connectivity index (χ1) is 9.74. The SMILES string of the molecule is Cl.NCC1CCCN(C(=O)C2C3CC4CC(C3)CC2C4)C1. The first-order valence-electron chi connectivity index (χ1n) is 8.73. The van der Waals surface area contributed by atoms with Crippen molar-refractivity contribution in [1.82, 2.24) is 4.90 Å². The van der Waals surface area contributed by atoms with Crippen molar-refractivity contribution in [3.05, 3.63) is 0 Å². The van der Waals surface area contributed by atoms with Gasteiger partial charge in [-0.3, -0.25) is 4.79 Å². The fourth-order valence-electron chi connectivity index (χ4n) is 6.00. The Morgan fingerprint density at radius 1 is 1.05 bits per heavy atom. The highest BCUT2D eigenvalue weighted by Gasteiger charge is 2.51. The van der Waals surface area contributed by atoms with E-state index >= 15 is 0 Å². The number of hydrogen-bond donors (Lipinski definition) is 1. The fourth-order valence-corrected chi connectivity index (χ4v) is 6.00. The number of nitrogens with zero attached hydrogens (tertiary/aromatic N) is 1. The third-order valence-corrected chi connectivity index (χ3v) is 6.68. The summed E-state index contributed by atoms with van der Waals surface area (Å²) in [5.74, 6) is 4.77. The van der Waals surface area contributed by atoms with Gasteiger partial charge in [0.1, 0.15) is 0 Å². The summed E-state index contributed by atoms with van der Waals surface area (Å²) in [6, 6.07) is 0. The second kappa shape index (κ2) is 6.08. The Morgan fingerprint density at radius 3 is 2.24 bits per heavy atom.